The zero-order valence-electron chi connectivity index (χ0n) is 17.6. The van der Waals surface area contributed by atoms with Crippen molar-refractivity contribution in [2.45, 2.75) is 25.4 Å². The molecule has 1 fully saturated rings. The predicted molar refractivity (Wildman–Crippen MR) is 122 cm³/mol. The first-order valence-corrected chi connectivity index (χ1v) is 11.5. The van der Waals surface area contributed by atoms with Gasteiger partial charge in [-0.2, -0.15) is 0 Å². The van der Waals surface area contributed by atoms with Crippen molar-refractivity contribution in [2.75, 3.05) is 32.8 Å². The molecule has 3 heterocycles. The molecule has 31 heavy (non-hydrogen) atoms. The van der Waals surface area contributed by atoms with Crippen molar-refractivity contribution in [2.24, 2.45) is 0 Å². The van der Waals surface area contributed by atoms with E-state index in [0.29, 0.717) is 26.2 Å². The van der Waals surface area contributed by atoms with Crippen molar-refractivity contribution in [3.05, 3.63) is 58.4 Å². The van der Waals surface area contributed by atoms with Gasteiger partial charge in [0, 0.05) is 47.7 Å². The number of rotatable bonds is 7. The van der Waals surface area contributed by atoms with Crippen molar-refractivity contribution in [3.63, 3.8) is 0 Å². The first-order valence-electron chi connectivity index (χ1n) is 10.6. The Morgan fingerprint density at radius 2 is 1.97 bits per heavy atom. The summed E-state index contributed by atoms with van der Waals surface area (Å²) >= 11 is 1.66. The van der Waals surface area contributed by atoms with Gasteiger partial charge in [-0.1, -0.05) is 24.3 Å². The molecule has 0 spiro atoms. The Morgan fingerprint density at radius 3 is 2.74 bits per heavy atom. The number of aromatic amines is 1. The minimum Gasteiger partial charge on any atom is -0.379 e. The number of amides is 2. The van der Waals surface area contributed by atoms with E-state index < -0.39 is 11.8 Å². The summed E-state index contributed by atoms with van der Waals surface area (Å²) in [6.07, 6.45) is 2.61. The summed E-state index contributed by atoms with van der Waals surface area (Å²) in [4.78, 5) is 31.7. The largest absolute Gasteiger partial charge is 0.379 e. The van der Waals surface area contributed by atoms with Crippen LogP contribution >= 0.6 is 11.3 Å². The second kappa shape index (κ2) is 10.1. The van der Waals surface area contributed by atoms with Gasteiger partial charge in [-0.25, -0.2) is 0 Å². The highest BCUT2D eigenvalue weighted by molar-refractivity contribution is 7.10. The molecule has 0 bridgehead atoms. The van der Waals surface area contributed by atoms with Gasteiger partial charge in [0.25, 0.3) is 0 Å². The third-order valence-electron chi connectivity index (χ3n) is 5.67. The fourth-order valence-electron chi connectivity index (χ4n) is 4.14. The summed E-state index contributed by atoms with van der Waals surface area (Å²) in [7, 11) is 0. The van der Waals surface area contributed by atoms with E-state index in [2.05, 4.69) is 26.6 Å². The van der Waals surface area contributed by atoms with E-state index in [0.717, 1.165) is 29.6 Å². The molecule has 0 unspecified atom stereocenters. The highest BCUT2D eigenvalue weighted by Crippen LogP contribution is 2.29. The fourth-order valence-corrected chi connectivity index (χ4v) is 5.10. The molecular formula is C23H28N4O3S. The summed E-state index contributed by atoms with van der Waals surface area (Å²) in [5, 5.41) is 8.83. The van der Waals surface area contributed by atoms with E-state index in [9.17, 15) is 9.59 Å². The number of carbonyl (C=O) groups is 2. The molecule has 0 saturated carbocycles. The average Bonchev–Trinajstić information content (AvgIpc) is 3.45. The molecular weight excluding hydrogens is 412 g/mol. The van der Waals surface area contributed by atoms with Crippen molar-refractivity contribution < 1.29 is 14.3 Å². The van der Waals surface area contributed by atoms with E-state index in [1.165, 1.54) is 4.88 Å². The average molecular weight is 441 g/mol. The highest BCUT2D eigenvalue weighted by atomic mass is 32.1. The molecule has 4 rings (SSSR count). The number of aromatic nitrogens is 1. The number of benzene rings is 1. The monoisotopic (exact) mass is 440 g/mol. The molecule has 2 atom stereocenters. The quantitative estimate of drug-likeness (QED) is 0.493. The number of ether oxygens (including phenoxy) is 1. The van der Waals surface area contributed by atoms with Crippen LogP contribution in [0, 0.1) is 0 Å². The second-order valence-electron chi connectivity index (χ2n) is 7.74. The van der Waals surface area contributed by atoms with Gasteiger partial charge in [0.1, 0.15) is 0 Å². The van der Waals surface area contributed by atoms with Gasteiger partial charge in [0.15, 0.2) is 0 Å². The van der Waals surface area contributed by atoms with Crippen LogP contribution in [0.5, 0.6) is 0 Å². The Kier molecular flexibility index (Phi) is 7.01. The minimum atomic E-state index is -0.599. The molecule has 0 radical (unpaired) electrons. The number of thiophene rings is 1. The van der Waals surface area contributed by atoms with E-state index in [-0.39, 0.29) is 12.1 Å². The molecule has 1 aliphatic heterocycles. The van der Waals surface area contributed by atoms with Crippen LogP contribution in [-0.2, 0) is 20.7 Å². The molecule has 2 amide bonds. The third kappa shape index (κ3) is 5.15. The molecule has 1 aromatic carbocycles. The topological polar surface area (TPSA) is 86.5 Å². The van der Waals surface area contributed by atoms with Gasteiger partial charge >= 0.3 is 11.8 Å². The second-order valence-corrected chi connectivity index (χ2v) is 8.72. The van der Waals surface area contributed by atoms with Crippen LogP contribution in [0.2, 0.25) is 0 Å². The van der Waals surface area contributed by atoms with Crippen LogP contribution in [0.3, 0.4) is 0 Å². The number of hydrogen-bond acceptors (Lipinski definition) is 5. The van der Waals surface area contributed by atoms with Crippen molar-refractivity contribution in [1.29, 1.82) is 0 Å². The molecule has 2 aromatic heterocycles. The molecule has 8 heteroatoms. The molecule has 1 aliphatic rings. The SMILES string of the molecule is C[C@H](NC(=O)C(=O)NCCc1c[nH]c2ccccc12)[C@@H](c1cccs1)N1CCOCC1. The van der Waals surface area contributed by atoms with Crippen molar-refractivity contribution in [1.82, 2.24) is 20.5 Å². The van der Waals surface area contributed by atoms with Gasteiger partial charge in [0.05, 0.1) is 19.3 Å². The molecule has 0 aliphatic carbocycles. The number of nitrogens with one attached hydrogen (secondary N) is 3. The van der Waals surface area contributed by atoms with E-state index in [4.69, 9.17) is 4.74 Å². The Balaban J connectivity index is 1.32. The first kappa shape index (κ1) is 21.5. The summed E-state index contributed by atoms with van der Waals surface area (Å²) in [6, 6.07) is 11.9. The maximum absolute atomic E-state index is 12.5. The van der Waals surface area contributed by atoms with Gasteiger partial charge < -0.3 is 20.4 Å². The van der Waals surface area contributed by atoms with Crippen LogP contribution in [0.1, 0.15) is 23.4 Å². The molecule has 3 N–H and O–H groups in total. The van der Waals surface area contributed by atoms with E-state index in [1.54, 1.807) is 11.3 Å². The number of hydrogen-bond donors (Lipinski definition) is 3. The van der Waals surface area contributed by atoms with Crippen LogP contribution in [0.4, 0.5) is 0 Å². The minimum absolute atomic E-state index is 0.0203. The summed E-state index contributed by atoms with van der Waals surface area (Å²) in [6.45, 7) is 5.32. The van der Waals surface area contributed by atoms with Gasteiger partial charge in [0.2, 0.25) is 0 Å². The van der Waals surface area contributed by atoms with Gasteiger partial charge in [-0.3, -0.25) is 14.5 Å². The fraction of sp³-hybridized carbons (Fsp3) is 0.391. The molecule has 1 saturated heterocycles. The number of carbonyl (C=O) groups excluding carboxylic acids is 2. The number of morpholine rings is 1. The summed E-state index contributed by atoms with van der Waals surface area (Å²) < 4.78 is 5.48. The zero-order valence-corrected chi connectivity index (χ0v) is 18.4. The van der Waals surface area contributed by atoms with Gasteiger partial charge in [-0.05, 0) is 36.4 Å². The number of para-hydroxylation sites is 1. The molecule has 3 aromatic rings. The highest BCUT2D eigenvalue weighted by Gasteiger charge is 2.30. The van der Waals surface area contributed by atoms with Crippen LogP contribution in [-0.4, -0.2) is 60.6 Å². The van der Waals surface area contributed by atoms with E-state index in [1.807, 2.05) is 48.8 Å². The lowest BCUT2D eigenvalue weighted by Crippen LogP contribution is -2.51. The first-order chi connectivity index (χ1) is 15.1. The molecule has 164 valence electrons. The van der Waals surface area contributed by atoms with Crippen LogP contribution in [0.25, 0.3) is 10.9 Å². The summed E-state index contributed by atoms with van der Waals surface area (Å²) in [5.41, 5.74) is 2.19. The lowest BCUT2D eigenvalue weighted by molar-refractivity contribution is -0.139. The number of fused-ring (bicyclic) bond motifs is 1. The van der Waals surface area contributed by atoms with Crippen molar-refractivity contribution >= 4 is 34.1 Å². The maximum atomic E-state index is 12.5. The Morgan fingerprint density at radius 1 is 1.16 bits per heavy atom. The lowest BCUT2D eigenvalue weighted by Gasteiger charge is -2.37. The number of H-pyrrole nitrogens is 1. The third-order valence-corrected chi connectivity index (χ3v) is 6.61. The standard InChI is InChI=1S/C23H28N4O3S/c1-16(21(20-7-4-14-31-20)27-10-12-30-13-11-27)26-23(29)22(28)24-9-8-17-15-25-19-6-3-2-5-18(17)19/h2-7,14-16,21,25H,8-13H2,1H3,(H,24,28)(H,26,29)/t16-,21-/m0/s1. The van der Waals surface area contributed by atoms with Crippen molar-refractivity contribution in [3.8, 4) is 0 Å². The number of nitrogens with zero attached hydrogens (tertiary/aromatic N) is 1. The smallest absolute Gasteiger partial charge is 0.309 e. The Labute approximate surface area is 185 Å². The summed E-state index contributed by atoms with van der Waals surface area (Å²) in [5.74, 6) is -1.19. The zero-order chi connectivity index (χ0) is 21.6. The van der Waals surface area contributed by atoms with E-state index >= 15 is 0 Å². The Bertz CT molecular complexity index is 1010. The molecule has 7 nitrogen and oxygen atoms in total. The Hall–Kier alpha value is -2.68. The lowest BCUT2D eigenvalue weighted by atomic mass is 10.1. The van der Waals surface area contributed by atoms with Crippen LogP contribution < -0.4 is 10.6 Å². The van der Waals surface area contributed by atoms with Crippen LogP contribution in [0.15, 0.2) is 48.0 Å². The van der Waals surface area contributed by atoms with Gasteiger partial charge in [-0.15, -0.1) is 11.3 Å². The normalized spacial score (nSPS) is 16.7. The predicted octanol–water partition coefficient (Wildman–Crippen LogP) is 2.47. The maximum Gasteiger partial charge on any atom is 0.309 e.